The number of aromatic nitrogens is 1. The average molecular weight is 297 g/mol. The van der Waals surface area contributed by atoms with Crippen molar-refractivity contribution in [1.29, 1.82) is 0 Å². The van der Waals surface area contributed by atoms with E-state index in [4.69, 9.17) is 0 Å². The molecule has 0 bridgehead atoms. The molecule has 2 rings (SSSR count). The fourth-order valence-electron chi connectivity index (χ4n) is 1.70. The minimum absolute atomic E-state index is 0.244. The van der Waals surface area contributed by atoms with Gasteiger partial charge in [-0.25, -0.2) is 4.39 Å². The Kier molecular flexibility index (Phi) is 3.52. The molecule has 0 amide bonds. The summed E-state index contributed by atoms with van der Waals surface area (Å²) in [5.41, 5.74) is 3.03. The summed E-state index contributed by atoms with van der Waals surface area (Å²) in [5.74, 6) is -0.244. The number of hydrogen-bond donors (Lipinski definition) is 1. The highest BCUT2D eigenvalue weighted by molar-refractivity contribution is 9.10. The molecular formula is C13H14BrFN2. The van der Waals surface area contributed by atoms with Crippen LogP contribution in [0.5, 0.6) is 0 Å². The second-order valence-electron chi connectivity index (χ2n) is 4.12. The minimum atomic E-state index is -0.244. The van der Waals surface area contributed by atoms with Crippen LogP contribution in [0, 0.1) is 12.7 Å². The molecule has 0 saturated heterocycles. The summed E-state index contributed by atoms with van der Waals surface area (Å²) in [4.78, 5) is 0. The van der Waals surface area contributed by atoms with Crippen LogP contribution in [0.1, 0.15) is 11.1 Å². The van der Waals surface area contributed by atoms with E-state index in [2.05, 4.69) is 21.2 Å². The van der Waals surface area contributed by atoms with Gasteiger partial charge in [0.15, 0.2) is 0 Å². The van der Waals surface area contributed by atoms with E-state index >= 15 is 0 Å². The van der Waals surface area contributed by atoms with Crippen LogP contribution in [0.15, 0.2) is 35.1 Å². The molecule has 0 aliphatic heterocycles. The number of nitrogens with zero attached hydrogens (tertiary/aromatic N) is 1. The molecule has 0 radical (unpaired) electrons. The van der Waals surface area contributed by atoms with Gasteiger partial charge in [-0.05, 0) is 52.2 Å². The molecule has 4 heteroatoms. The van der Waals surface area contributed by atoms with Crippen molar-refractivity contribution in [2.45, 2.75) is 13.5 Å². The van der Waals surface area contributed by atoms with Crippen LogP contribution in [0.25, 0.3) is 0 Å². The Balaban J connectivity index is 2.11. The second kappa shape index (κ2) is 4.92. The van der Waals surface area contributed by atoms with Crippen LogP contribution in [0.4, 0.5) is 10.1 Å². The summed E-state index contributed by atoms with van der Waals surface area (Å²) in [6.45, 7) is 2.65. The lowest BCUT2D eigenvalue weighted by Crippen LogP contribution is -2.01. The van der Waals surface area contributed by atoms with Gasteiger partial charge in [0.2, 0.25) is 0 Å². The van der Waals surface area contributed by atoms with E-state index in [-0.39, 0.29) is 5.82 Å². The smallest absolute Gasteiger partial charge is 0.139 e. The van der Waals surface area contributed by atoms with E-state index in [1.807, 2.05) is 37.0 Å². The SMILES string of the molecule is Cc1cc(Br)c(F)cc1NCc1ccn(C)c1. The normalized spacial score (nSPS) is 10.6. The molecule has 0 aliphatic rings. The van der Waals surface area contributed by atoms with Crippen molar-refractivity contribution in [3.05, 3.63) is 52.0 Å². The first-order valence-electron chi connectivity index (χ1n) is 5.36. The van der Waals surface area contributed by atoms with E-state index in [0.29, 0.717) is 11.0 Å². The van der Waals surface area contributed by atoms with Crippen LogP contribution in [0.2, 0.25) is 0 Å². The zero-order valence-electron chi connectivity index (χ0n) is 9.80. The molecule has 1 aromatic heterocycles. The van der Waals surface area contributed by atoms with Gasteiger partial charge in [-0.15, -0.1) is 0 Å². The monoisotopic (exact) mass is 296 g/mol. The molecule has 0 unspecified atom stereocenters. The first kappa shape index (κ1) is 12.2. The molecule has 0 fully saturated rings. The van der Waals surface area contributed by atoms with Crippen molar-refractivity contribution in [2.24, 2.45) is 7.05 Å². The van der Waals surface area contributed by atoms with E-state index in [0.717, 1.165) is 11.3 Å². The van der Waals surface area contributed by atoms with Gasteiger partial charge in [-0.2, -0.15) is 0 Å². The molecule has 0 saturated carbocycles. The van der Waals surface area contributed by atoms with Crippen LogP contribution < -0.4 is 5.32 Å². The van der Waals surface area contributed by atoms with Gasteiger partial charge < -0.3 is 9.88 Å². The van der Waals surface area contributed by atoms with E-state index < -0.39 is 0 Å². The zero-order valence-corrected chi connectivity index (χ0v) is 11.4. The topological polar surface area (TPSA) is 17.0 Å². The van der Waals surface area contributed by atoms with Crippen molar-refractivity contribution in [1.82, 2.24) is 4.57 Å². The molecule has 1 heterocycles. The molecule has 1 aromatic carbocycles. The Hall–Kier alpha value is -1.29. The number of anilines is 1. The van der Waals surface area contributed by atoms with Crippen molar-refractivity contribution < 1.29 is 4.39 Å². The first-order valence-corrected chi connectivity index (χ1v) is 6.16. The fraction of sp³-hybridized carbons (Fsp3) is 0.231. The maximum Gasteiger partial charge on any atom is 0.139 e. The van der Waals surface area contributed by atoms with Gasteiger partial charge in [-0.3, -0.25) is 0 Å². The quantitative estimate of drug-likeness (QED) is 0.910. The number of hydrogen-bond acceptors (Lipinski definition) is 1. The summed E-state index contributed by atoms with van der Waals surface area (Å²) in [5, 5.41) is 3.24. The minimum Gasteiger partial charge on any atom is -0.381 e. The highest BCUT2D eigenvalue weighted by atomic mass is 79.9. The Bertz CT molecular complexity index is 534. The molecule has 0 aliphatic carbocycles. The predicted molar refractivity (Wildman–Crippen MR) is 71.6 cm³/mol. The summed E-state index contributed by atoms with van der Waals surface area (Å²) in [6, 6.07) is 5.34. The Morgan fingerprint density at radius 1 is 1.41 bits per heavy atom. The zero-order chi connectivity index (χ0) is 12.4. The Morgan fingerprint density at radius 3 is 2.82 bits per heavy atom. The van der Waals surface area contributed by atoms with Gasteiger partial charge in [0.05, 0.1) is 4.47 Å². The third kappa shape index (κ3) is 2.88. The lowest BCUT2D eigenvalue weighted by atomic mass is 10.2. The Morgan fingerprint density at radius 2 is 2.18 bits per heavy atom. The summed E-state index contributed by atoms with van der Waals surface area (Å²) in [6.07, 6.45) is 4.03. The number of benzene rings is 1. The maximum atomic E-state index is 13.4. The second-order valence-corrected chi connectivity index (χ2v) is 4.97. The highest BCUT2D eigenvalue weighted by Gasteiger charge is 2.05. The number of aryl methyl sites for hydroxylation is 2. The third-order valence-electron chi connectivity index (χ3n) is 2.64. The van der Waals surface area contributed by atoms with Crippen molar-refractivity contribution in [3.63, 3.8) is 0 Å². The predicted octanol–water partition coefficient (Wildman–Crippen LogP) is 3.85. The van der Waals surface area contributed by atoms with Gasteiger partial charge >= 0.3 is 0 Å². The number of rotatable bonds is 3. The number of nitrogens with one attached hydrogen (secondary N) is 1. The average Bonchev–Trinajstić information content (AvgIpc) is 2.68. The summed E-state index contributed by atoms with van der Waals surface area (Å²) >= 11 is 3.17. The van der Waals surface area contributed by atoms with Crippen LogP contribution in [0.3, 0.4) is 0 Å². The highest BCUT2D eigenvalue weighted by Crippen LogP contribution is 2.24. The fourth-order valence-corrected chi connectivity index (χ4v) is 2.16. The largest absolute Gasteiger partial charge is 0.381 e. The molecule has 90 valence electrons. The molecule has 17 heavy (non-hydrogen) atoms. The van der Waals surface area contributed by atoms with E-state index in [1.54, 1.807) is 6.07 Å². The van der Waals surface area contributed by atoms with Gasteiger partial charge in [0.25, 0.3) is 0 Å². The van der Waals surface area contributed by atoms with Gasteiger partial charge in [-0.1, -0.05) is 0 Å². The van der Waals surface area contributed by atoms with E-state index in [9.17, 15) is 4.39 Å². The number of halogens is 2. The molecule has 2 aromatic rings. The molecule has 2 nitrogen and oxygen atoms in total. The molecule has 1 N–H and O–H groups in total. The maximum absolute atomic E-state index is 13.4. The third-order valence-corrected chi connectivity index (χ3v) is 3.25. The standard InChI is InChI=1S/C13H14BrFN2/c1-9-5-11(14)12(15)6-13(9)16-7-10-3-4-17(2)8-10/h3-6,8,16H,7H2,1-2H3. The van der Waals surface area contributed by atoms with Crippen molar-refractivity contribution >= 4 is 21.6 Å². The van der Waals surface area contributed by atoms with Crippen LogP contribution in [-0.4, -0.2) is 4.57 Å². The van der Waals surface area contributed by atoms with E-state index in [1.165, 1.54) is 11.6 Å². The van der Waals surface area contributed by atoms with Gasteiger partial charge in [0.1, 0.15) is 5.82 Å². The Labute approximate surface area is 109 Å². The molecule has 0 atom stereocenters. The van der Waals surface area contributed by atoms with Crippen LogP contribution >= 0.6 is 15.9 Å². The first-order chi connectivity index (χ1) is 8.06. The molecular weight excluding hydrogens is 283 g/mol. The lowest BCUT2D eigenvalue weighted by Gasteiger charge is -2.09. The summed E-state index contributed by atoms with van der Waals surface area (Å²) < 4.78 is 15.9. The summed E-state index contributed by atoms with van der Waals surface area (Å²) in [7, 11) is 1.98. The molecule has 0 spiro atoms. The van der Waals surface area contributed by atoms with Crippen molar-refractivity contribution in [3.8, 4) is 0 Å². The van der Waals surface area contributed by atoms with Crippen LogP contribution in [-0.2, 0) is 13.6 Å². The lowest BCUT2D eigenvalue weighted by molar-refractivity contribution is 0.621. The van der Waals surface area contributed by atoms with Gasteiger partial charge in [0, 0.05) is 31.7 Å². The van der Waals surface area contributed by atoms with Crippen molar-refractivity contribution in [2.75, 3.05) is 5.32 Å².